The summed E-state index contributed by atoms with van der Waals surface area (Å²) in [6.45, 7) is 2.11. The van der Waals surface area contributed by atoms with Gasteiger partial charge < -0.3 is 10.5 Å². The SMILES string of the molecule is COc1ccc2c(c1)C(C)(CC(N)=O)CCS2. The summed E-state index contributed by atoms with van der Waals surface area (Å²) in [5.74, 6) is 1.62. The van der Waals surface area contributed by atoms with Crippen LogP contribution in [0.1, 0.15) is 25.3 Å². The van der Waals surface area contributed by atoms with Crippen molar-refractivity contribution >= 4 is 17.7 Å². The number of primary amides is 1. The molecule has 1 aliphatic heterocycles. The van der Waals surface area contributed by atoms with Gasteiger partial charge in [0, 0.05) is 16.7 Å². The Morgan fingerprint density at radius 3 is 3.00 bits per heavy atom. The fourth-order valence-corrected chi connectivity index (χ4v) is 3.72. The smallest absolute Gasteiger partial charge is 0.218 e. The largest absolute Gasteiger partial charge is 0.497 e. The van der Waals surface area contributed by atoms with Crippen LogP contribution in [-0.2, 0) is 10.2 Å². The van der Waals surface area contributed by atoms with Crippen LogP contribution in [0.15, 0.2) is 23.1 Å². The maximum absolute atomic E-state index is 11.2. The average molecular weight is 251 g/mol. The first kappa shape index (κ1) is 12.3. The number of hydrogen-bond donors (Lipinski definition) is 1. The summed E-state index contributed by atoms with van der Waals surface area (Å²) in [6.07, 6.45) is 1.37. The zero-order chi connectivity index (χ0) is 12.5. The van der Waals surface area contributed by atoms with E-state index in [-0.39, 0.29) is 11.3 Å². The van der Waals surface area contributed by atoms with E-state index in [0.29, 0.717) is 6.42 Å². The average Bonchev–Trinajstić information content (AvgIpc) is 2.28. The van der Waals surface area contributed by atoms with Crippen molar-refractivity contribution < 1.29 is 9.53 Å². The van der Waals surface area contributed by atoms with Gasteiger partial charge in [-0.1, -0.05) is 6.92 Å². The van der Waals surface area contributed by atoms with Crippen LogP contribution >= 0.6 is 11.8 Å². The van der Waals surface area contributed by atoms with Gasteiger partial charge in [-0.05, 0) is 35.9 Å². The van der Waals surface area contributed by atoms with Crippen molar-refractivity contribution in [3.63, 3.8) is 0 Å². The number of methoxy groups -OCH3 is 1. The predicted molar refractivity (Wildman–Crippen MR) is 69.5 cm³/mol. The zero-order valence-corrected chi connectivity index (χ0v) is 11.0. The number of carbonyl (C=O) groups is 1. The van der Waals surface area contributed by atoms with Crippen LogP contribution in [0, 0.1) is 0 Å². The maximum atomic E-state index is 11.2. The third kappa shape index (κ3) is 2.41. The molecule has 0 saturated heterocycles. The molecule has 0 fully saturated rings. The van der Waals surface area contributed by atoms with Crippen LogP contribution < -0.4 is 10.5 Å². The first-order valence-corrected chi connectivity index (χ1v) is 6.63. The molecule has 17 heavy (non-hydrogen) atoms. The third-order valence-corrected chi connectivity index (χ3v) is 4.39. The first-order valence-electron chi connectivity index (χ1n) is 5.65. The molecule has 4 heteroatoms. The van der Waals surface area contributed by atoms with Crippen molar-refractivity contribution in [3.05, 3.63) is 23.8 Å². The standard InChI is InChI=1S/C13H17NO2S/c1-13(8-12(14)15)5-6-17-11-4-3-9(16-2)7-10(11)13/h3-4,7H,5-6,8H2,1-2H3,(H2,14,15). The van der Waals surface area contributed by atoms with E-state index in [9.17, 15) is 4.79 Å². The van der Waals surface area contributed by atoms with Crippen LogP contribution in [-0.4, -0.2) is 18.8 Å². The molecule has 0 radical (unpaired) electrons. The monoisotopic (exact) mass is 251 g/mol. The van der Waals surface area contributed by atoms with Crippen LogP contribution in [0.2, 0.25) is 0 Å². The second-order valence-corrected chi connectivity index (χ2v) is 5.80. The van der Waals surface area contributed by atoms with E-state index in [1.807, 2.05) is 23.9 Å². The van der Waals surface area contributed by atoms with Crippen LogP contribution in [0.3, 0.4) is 0 Å². The molecule has 1 aromatic rings. The Kier molecular flexibility index (Phi) is 3.33. The van der Waals surface area contributed by atoms with Crippen LogP contribution in [0.25, 0.3) is 0 Å². The van der Waals surface area contributed by atoms with E-state index in [1.54, 1.807) is 7.11 Å². The number of hydrogen-bond acceptors (Lipinski definition) is 3. The summed E-state index contributed by atoms with van der Waals surface area (Å²) >= 11 is 1.83. The minimum absolute atomic E-state index is 0.152. The highest BCUT2D eigenvalue weighted by Gasteiger charge is 2.34. The quantitative estimate of drug-likeness (QED) is 0.897. The fraction of sp³-hybridized carbons (Fsp3) is 0.462. The van der Waals surface area contributed by atoms with Gasteiger partial charge in [0.25, 0.3) is 0 Å². The Morgan fingerprint density at radius 2 is 2.35 bits per heavy atom. The van der Waals surface area contributed by atoms with Crippen LogP contribution in [0.4, 0.5) is 0 Å². The summed E-state index contributed by atoms with van der Waals surface area (Å²) < 4.78 is 5.25. The van der Waals surface area contributed by atoms with E-state index in [4.69, 9.17) is 10.5 Å². The van der Waals surface area contributed by atoms with Gasteiger partial charge in [-0.15, -0.1) is 11.8 Å². The topological polar surface area (TPSA) is 52.3 Å². The molecule has 3 nitrogen and oxygen atoms in total. The van der Waals surface area contributed by atoms with Crippen LogP contribution in [0.5, 0.6) is 5.75 Å². The number of nitrogens with two attached hydrogens (primary N) is 1. The molecule has 1 atom stereocenters. The normalized spacial score (nSPS) is 22.9. The molecule has 1 aromatic carbocycles. The number of thioether (sulfide) groups is 1. The second kappa shape index (κ2) is 4.61. The number of amides is 1. The lowest BCUT2D eigenvalue weighted by molar-refractivity contribution is -0.119. The molecule has 2 N–H and O–H groups in total. The lowest BCUT2D eigenvalue weighted by Gasteiger charge is -2.34. The Bertz CT molecular complexity index is 447. The second-order valence-electron chi connectivity index (χ2n) is 4.66. The number of carbonyl (C=O) groups excluding carboxylic acids is 1. The Labute approximate surface area is 106 Å². The van der Waals surface area contributed by atoms with Gasteiger partial charge in [0.2, 0.25) is 5.91 Å². The van der Waals surface area contributed by atoms with E-state index >= 15 is 0 Å². The number of ether oxygens (including phenoxy) is 1. The molecule has 92 valence electrons. The molecule has 0 spiro atoms. The molecule has 2 rings (SSSR count). The van der Waals surface area contributed by atoms with Crippen molar-refractivity contribution in [3.8, 4) is 5.75 Å². The highest BCUT2D eigenvalue weighted by atomic mass is 32.2. The molecule has 1 aliphatic rings. The molecule has 0 saturated carbocycles. The van der Waals surface area contributed by atoms with Gasteiger partial charge in [-0.3, -0.25) is 4.79 Å². The minimum Gasteiger partial charge on any atom is -0.497 e. The summed E-state index contributed by atoms with van der Waals surface area (Å²) in [7, 11) is 1.66. The van der Waals surface area contributed by atoms with Crippen molar-refractivity contribution in [1.29, 1.82) is 0 Å². The highest BCUT2D eigenvalue weighted by Crippen LogP contribution is 2.44. The van der Waals surface area contributed by atoms with Gasteiger partial charge in [-0.2, -0.15) is 0 Å². The van der Waals surface area contributed by atoms with Crippen molar-refractivity contribution in [2.45, 2.75) is 30.1 Å². The first-order chi connectivity index (χ1) is 8.05. The van der Waals surface area contributed by atoms with Crippen molar-refractivity contribution in [1.82, 2.24) is 0 Å². The zero-order valence-electron chi connectivity index (χ0n) is 10.2. The molecule has 0 bridgehead atoms. The van der Waals surface area contributed by atoms with Crippen molar-refractivity contribution in [2.75, 3.05) is 12.9 Å². The summed E-state index contributed by atoms with van der Waals surface area (Å²) in [5.41, 5.74) is 6.39. The highest BCUT2D eigenvalue weighted by molar-refractivity contribution is 7.99. The van der Waals surface area contributed by atoms with Gasteiger partial charge in [0.15, 0.2) is 0 Å². The molecule has 1 unspecified atom stereocenters. The summed E-state index contributed by atoms with van der Waals surface area (Å²) in [4.78, 5) is 12.5. The minimum atomic E-state index is -0.242. The van der Waals surface area contributed by atoms with Gasteiger partial charge in [-0.25, -0.2) is 0 Å². The molecule has 0 aromatic heterocycles. The summed E-state index contributed by atoms with van der Waals surface area (Å²) in [5, 5.41) is 0. The predicted octanol–water partition coefficient (Wildman–Crippen LogP) is 2.32. The van der Waals surface area contributed by atoms with E-state index in [0.717, 1.165) is 17.9 Å². The fourth-order valence-electron chi connectivity index (χ4n) is 2.32. The number of fused-ring (bicyclic) bond motifs is 1. The molecule has 1 amide bonds. The van der Waals surface area contributed by atoms with Crippen molar-refractivity contribution in [2.24, 2.45) is 5.73 Å². The van der Waals surface area contributed by atoms with E-state index < -0.39 is 0 Å². The van der Waals surface area contributed by atoms with Gasteiger partial charge in [0.05, 0.1) is 7.11 Å². The lowest BCUT2D eigenvalue weighted by Crippen LogP contribution is -2.32. The molecule has 1 heterocycles. The Balaban J connectivity index is 2.44. The number of benzene rings is 1. The summed E-state index contributed by atoms with van der Waals surface area (Å²) in [6, 6.07) is 6.06. The molecular formula is C13H17NO2S. The van der Waals surface area contributed by atoms with Gasteiger partial charge in [0.1, 0.15) is 5.75 Å². The Morgan fingerprint density at radius 1 is 1.59 bits per heavy atom. The maximum Gasteiger partial charge on any atom is 0.218 e. The Hall–Kier alpha value is -1.16. The number of rotatable bonds is 3. The third-order valence-electron chi connectivity index (χ3n) is 3.31. The van der Waals surface area contributed by atoms with Gasteiger partial charge >= 0.3 is 0 Å². The van der Waals surface area contributed by atoms with E-state index in [2.05, 4.69) is 13.0 Å². The lowest BCUT2D eigenvalue weighted by atomic mass is 9.76. The van der Waals surface area contributed by atoms with E-state index in [1.165, 1.54) is 10.5 Å². The molecule has 0 aliphatic carbocycles. The molecular weight excluding hydrogens is 234 g/mol.